The molecular weight excluding hydrogens is 270 g/mol. The normalized spacial score (nSPS) is 21.3. The number of hydrogen-bond acceptors (Lipinski definition) is 3. The van der Waals surface area contributed by atoms with Gasteiger partial charge in [0.25, 0.3) is 0 Å². The van der Waals surface area contributed by atoms with Crippen LogP contribution in [0, 0.1) is 5.92 Å². The van der Waals surface area contributed by atoms with Crippen LogP contribution in [0.5, 0.6) is 0 Å². The minimum Gasteiger partial charge on any atom is -0.480 e. The number of carboxylic acids is 1. The van der Waals surface area contributed by atoms with Gasteiger partial charge in [0, 0.05) is 32.0 Å². The third-order valence-corrected chi connectivity index (χ3v) is 3.97. The number of hydrogen-bond donors (Lipinski definition) is 1. The number of aliphatic carboxylic acids is 1. The smallest absolute Gasteiger partial charge is 0.326 e. The molecule has 1 N–H and O–H groups in total. The highest BCUT2D eigenvalue weighted by Gasteiger charge is 2.40. The van der Waals surface area contributed by atoms with Gasteiger partial charge in [-0.2, -0.15) is 0 Å². The second-order valence-corrected chi connectivity index (χ2v) is 5.39. The van der Waals surface area contributed by atoms with Crippen LogP contribution in [0.4, 0.5) is 4.79 Å². The lowest BCUT2D eigenvalue weighted by Crippen LogP contribution is -2.49. The van der Waals surface area contributed by atoms with Gasteiger partial charge in [-0.25, -0.2) is 9.59 Å². The maximum absolute atomic E-state index is 12.6. The first-order valence-corrected chi connectivity index (χ1v) is 7.21. The summed E-state index contributed by atoms with van der Waals surface area (Å²) in [6.45, 7) is 5.29. The Balaban J connectivity index is 2.11. The molecule has 0 spiro atoms. The van der Waals surface area contributed by atoms with Crippen molar-refractivity contribution in [3.8, 4) is 0 Å². The van der Waals surface area contributed by atoms with Crippen molar-refractivity contribution >= 4 is 12.0 Å². The molecule has 2 amide bonds. The summed E-state index contributed by atoms with van der Waals surface area (Å²) in [7, 11) is 0. The summed E-state index contributed by atoms with van der Waals surface area (Å²) in [4.78, 5) is 31.1. The van der Waals surface area contributed by atoms with Crippen LogP contribution < -0.4 is 0 Å². The third-order valence-electron chi connectivity index (χ3n) is 3.97. The predicted molar refractivity (Wildman–Crippen MR) is 77.6 cm³/mol. The average molecular weight is 291 g/mol. The van der Waals surface area contributed by atoms with Crippen LogP contribution in [-0.4, -0.2) is 51.0 Å². The van der Waals surface area contributed by atoms with Crippen molar-refractivity contribution in [3.05, 3.63) is 30.1 Å². The lowest BCUT2D eigenvalue weighted by molar-refractivity contribution is -0.142. The predicted octanol–water partition coefficient (Wildman–Crippen LogP) is 1.82. The quantitative estimate of drug-likeness (QED) is 0.918. The molecule has 0 aliphatic carbocycles. The third kappa shape index (κ3) is 3.32. The van der Waals surface area contributed by atoms with E-state index in [-0.39, 0.29) is 11.9 Å². The van der Waals surface area contributed by atoms with E-state index in [1.165, 1.54) is 4.90 Å². The van der Waals surface area contributed by atoms with Gasteiger partial charge in [-0.15, -0.1) is 0 Å². The number of carboxylic acid groups (broad SMARTS) is 1. The topological polar surface area (TPSA) is 73.7 Å². The monoisotopic (exact) mass is 291 g/mol. The molecule has 0 aromatic carbocycles. The molecule has 114 valence electrons. The minimum absolute atomic E-state index is 0.00826. The summed E-state index contributed by atoms with van der Waals surface area (Å²) in [5, 5.41) is 9.33. The van der Waals surface area contributed by atoms with Crippen LogP contribution in [0.2, 0.25) is 0 Å². The van der Waals surface area contributed by atoms with Crippen molar-refractivity contribution in [2.24, 2.45) is 5.92 Å². The molecule has 1 aliphatic heterocycles. The molecule has 0 saturated carbocycles. The summed E-state index contributed by atoms with van der Waals surface area (Å²) in [5.74, 6) is -0.931. The van der Waals surface area contributed by atoms with Crippen LogP contribution in [0.1, 0.15) is 25.8 Å². The van der Waals surface area contributed by atoms with Gasteiger partial charge in [0.2, 0.25) is 0 Å². The fourth-order valence-corrected chi connectivity index (χ4v) is 2.74. The van der Waals surface area contributed by atoms with Crippen LogP contribution in [0.3, 0.4) is 0 Å². The maximum atomic E-state index is 12.6. The Kier molecular flexibility index (Phi) is 4.77. The second-order valence-electron chi connectivity index (χ2n) is 5.39. The zero-order valence-electron chi connectivity index (χ0n) is 12.4. The molecule has 1 fully saturated rings. The van der Waals surface area contributed by atoms with E-state index in [9.17, 15) is 14.7 Å². The van der Waals surface area contributed by atoms with Gasteiger partial charge in [0.1, 0.15) is 6.04 Å². The summed E-state index contributed by atoms with van der Waals surface area (Å²) < 4.78 is 0. The SMILES string of the molecule is CCN(Cc1ccncc1)C(=O)N1CCC(C)C1C(=O)O. The van der Waals surface area contributed by atoms with E-state index in [1.807, 2.05) is 26.0 Å². The van der Waals surface area contributed by atoms with E-state index in [0.29, 0.717) is 19.6 Å². The summed E-state index contributed by atoms with van der Waals surface area (Å²) in [6.07, 6.45) is 4.10. The van der Waals surface area contributed by atoms with Gasteiger partial charge >= 0.3 is 12.0 Å². The number of nitrogens with zero attached hydrogens (tertiary/aromatic N) is 3. The molecule has 2 heterocycles. The van der Waals surface area contributed by atoms with Crippen molar-refractivity contribution in [1.82, 2.24) is 14.8 Å². The van der Waals surface area contributed by atoms with Crippen LogP contribution in [0.25, 0.3) is 0 Å². The molecule has 0 bridgehead atoms. The Labute approximate surface area is 124 Å². The fraction of sp³-hybridized carbons (Fsp3) is 0.533. The first-order valence-electron chi connectivity index (χ1n) is 7.21. The molecular formula is C15H21N3O3. The number of urea groups is 1. The average Bonchev–Trinajstić information content (AvgIpc) is 2.87. The Morgan fingerprint density at radius 2 is 2.10 bits per heavy atom. The molecule has 0 radical (unpaired) electrons. The van der Waals surface area contributed by atoms with Crippen molar-refractivity contribution in [2.75, 3.05) is 13.1 Å². The lowest BCUT2D eigenvalue weighted by Gasteiger charge is -2.30. The second kappa shape index (κ2) is 6.56. The molecule has 1 aliphatic rings. The first kappa shape index (κ1) is 15.3. The molecule has 21 heavy (non-hydrogen) atoms. The van der Waals surface area contributed by atoms with Gasteiger partial charge < -0.3 is 14.9 Å². The number of likely N-dealkylation sites (tertiary alicyclic amines) is 1. The molecule has 1 aromatic heterocycles. The van der Waals surface area contributed by atoms with E-state index in [0.717, 1.165) is 12.0 Å². The highest BCUT2D eigenvalue weighted by Crippen LogP contribution is 2.25. The summed E-state index contributed by atoms with van der Waals surface area (Å²) in [6, 6.07) is 2.80. The highest BCUT2D eigenvalue weighted by atomic mass is 16.4. The molecule has 2 unspecified atom stereocenters. The summed E-state index contributed by atoms with van der Waals surface area (Å²) in [5.41, 5.74) is 0.985. The molecule has 1 saturated heterocycles. The van der Waals surface area contributed by atoms with Gasteiger partial charge in [-0.1, -0.05) is 6.92 Å². The van der Waals surface area contributed by atoms with Crippen LogP contribution in [0.15, 0.2) is 24.5 Å². The maximum Gasteiger partial charge on any atom is 0.326 e. The molecule has 6 heteroatoms. The molecule has 6 nitrogen and oxygen atoms in total. The van der Waals surface area contributed by atoms with Crippen molar-refractivity contribution < 1.29 is 14.7 Å². The Morgan fingerprint density at radius 1 is 1.43 bits per heavy atom. The van der Waals surface area contributed by atoms with Crippen molar-refractivity contribution in [2.45, 2.75) is 32.9 Å². The number of carbonyl (C=O) groups is 2. The van der Waals surface area contributed by atoms with Gasteiger partial charge in [-0.05, 0) is 37.0 Å². The van der Waals surface area contributed by atoms with E-state index >= 15 is 0 Å². The standard InChI is InChI=1S/C15H21N3O3/c1-3-17(10-12-4-7-16-8-5-12)15(21)18-9-6-11(2)13(18)14(19)20/h4-5,7-8,11,13H,3,6,9-10H2,1-2H3,(H,19,20). The number of carbonyl (C=O) groups excluding carboxylic acids is 1. The largest absolute Gasteiger partial charge is 0.480 e. The Bertz CT molecular complexity index is 506. The number of rotatable bonds is 4. The van der Waals surface area contributed by atoms with Crippen LogP contribution >= 0.6 is 0 Å². The fourth-order valence-electron chi connectivity index (χ4n) is 2.74. The Morgan fingerprint density at radius 3 is 2.67 bits per heavy atom. The highest BCUT2D eigenvalue weighted by molar-refractivity contribution is 5.83. The molecule has 2 rings (SSSR count). The molecule has 1 aromatic rings. The minimum atomic E-state index is -0.923. The lowest BCUT2D eigenvalue weighted by atomic mass is 10.0. The van der Waals surface area contributed by atoms with Crippen molar-refractivity contribution in [3.63, 3.8) is 0 Å². The zero-order chi connectivity index (χ0) is 15.4. The van der Waals surface area contributed by atoms with E-state index in [4.69, 9.17) is 0 Å². The van der Waals surface area contributed by atoms with Crippen molar-refractivity contribution in [1.29, 1.82) is 0 Å². The van der Waals surface area contributed by atoms with Gasteiger partial charge in [0.05, 0.1) is 0 Å². The number of aromatic nitrogens is 1. The van der Waals surface area contributed by atoms with Crippen LogP contribution in [-0.2, 0) is 11.3 Å². The first-order chi connectivity index (χ1) is 10.0. The van der Waals surface area contributed by atoms with E-state index in [2.05, 4.69) is 4.98 Å². The van der Waals surface area contributed by atoms with E-state index < -0.39 is 12.0 Å². The zero-order valence-corrected chi connectivity index (χ0v) is 12.4. The van der Waals surface area contributed by atoms with E-state index in [1.54, 1.807) is 17.3 Å². The van der Waals surface area contributed by atoms with Gasteiger partial charge in [0.15, 0.2) is 0 Å². The van der Waals surface area contributed by atoms with Gasteiger partial charge in [-0.3, -0.25) is 4.98 Å². The molecule has 2 atom stereocenters. The summed E-state index contributed by atoms with van der Waals surface area (Å²) >= 11 is 0. The number of pyridine rings is 1. The Hall–Kier alpha value is -2.11. The number of amides is 2.